The number of carbonyl (C=O) groups is 2. The molecule has 1 amide bonds. The van der Waals surface area contributed by atoms with Crippen LogP contribution in [0.3, 0.4) is 0 Å². The van der Waals surface area contributed by atoms with E-state index in [1.165, 1.54) is 49.5 Å². The molecule has 10 heteroatoms. The van der Waals surface area contributed by atoms with Crippen LogP contribution in [-0.4, -0.2) is 39.5 Å². The van der Waals surface area contributed by atoms with E-state index in [9.17, 15) is 9.59 Å². The van der Waals surface area contributed by atoms with E-state index in [4.69, 9.17) is 9.15 Å². The van der Waals surface area contributed by atoms with Gasteiger partial charge in [0.15, 0.2) is 10.9 Å². The minimum Gasteiger partial charge on any atom is -0.465 e. The number of hydrogen-bond acceptors (Lipinski definition) is 8. The van der Waals surface area contributed by atoms with Crippen LogP contribution in [0.4, 0.5) is 5.69 Å². The number of esters is 1. The van der Waals surface area contributed by atoms with Gasteiger partial charge in [-0.25, -0.2) is 4.79 Å². The fourth-order valence-corrected chi connectivity index (χ4v) is 5.16. The van der Waals surface area contributed by atoms with Gasteiger partial charge >= 0.3 is 5.97 Å². The van der Waals surface area contributed by atoms with Gasteiger partial charge in [-0.05, 0) is 36.4 Å². The van der Waals surface area contributed by atoms with Gasteiger partial charge in [0.1, 0.15) is 4.88 Å². The summed E-state index contributed by atoms with van der Waals surface area (Å²) in [4.78, 5) is 24.7. The minimum atomic E-state index is -0.465. The first kappa shape index (κ1) is 20.7. The topological polar surface area (TPSA) is 99.2 Å². The Morgan fingerprint density at radius 3 is 2.87 bits per heavy atom. The molecule has 0 unspecified atom stereocenters. The number of furan rings is 1. The van der Waals surface area contributed by atoms with Crippen molar-refractivity contribution in [2.24, 2.45) is 0 Å². The normalized spacial score (nSPS) is 14.6. The molecule has 3 heterocycles. The third kappa shape index (κ3) is 4.44. The van der Waals surface area contributed by atoms with E-state index in [1.54, 1.807) is 17.7 Å². The summed E-state index contributed by atoms with van der Waals surface area (Å²) < 4.78 is 12.4. The second-order valence-corrected chi connectivity index (χ2v) is 8.80. The molecule has 0 radical (unpaired) electrons. The van der Waals surface area contributed by atoms with Crippen molar-refractivity contribution in [2.45, 2.75) is 43.3 Å². The van der Waals surface area contributed by atoms with E-state index in [-0.39, 0.29) is 11.7 Å². The summed E-state index contributed by atoms with van der Waals surface area (Å²) in [6, 6.07) is 5.69. The zero-order chi connectivity index (χ0) is 20.9. The van der Waals surface area contributed by atoms with Crippen molar-refractivity contribution < 1.29 is 18.7 Å². The van der Waals surface area contributed by atoms with Gasteiger partial charge in [0, 0.05) is 6.04 Å². The molecular weight excluding hydrogens is 424 g/mol. The Balaban J connectivity index is 1.49. The van der Waals surface area contributed by atoms with Gasteiger partial charge in [0.2, 0.25) is 11.7 Å². The number of nitrogens with zero attached hydrogens (tertiary/aromatic N) is 3. The lowest BCUT2D eigenvalue weighted by atomic mass is 9.95. The molecule has 1 fully saturated rings. The molecule has 1 aliphatic rings. The Morgan fingerprint density at radius 1 is 1.30 bits per heavy atom. The minimum absolute atomic E-state index is 0.152. The van der Waals surface area contributed by atoms with Gasteiger partial charge in [-0.15, -0.1) is 21.5 Å². The highest BCUT2D eigenvalue weighted by Crippen LogP contribution is 2.35. The monoisotopic (exact) mass is 446 g/mol. The number of nitrogens with one attached hydrogen (secondary N) is 1. The third-order valence-electron chi connectivity index (χ3n) is 4.99. The summed E-state index contributed by atoms with van der Waals surface area (Å²) in [5, 5.41) is 13.9. The van der Waals surface area contributed by atoms with Crippen molar-refractivity contribution in [2.75, 3.05) is 18.2 Å². The molecule has 30 heavy (non-hydrogen) atoms. The Bertz CT molecular complexity index is 1010. The van der Waals surface area contributed by atoms with Crippen LogP contribution in [0.5, 0.6) is 0 Å². The number of methoxy groups -OCH3 is 1. The van der Waals surface area contributed by atoms with E-state index in [0.29, 0.717) is 33.3 Å². The maximum absolute atomic E-state index is 12.5. The van der Waals surface area contributed by atoms with Crippen molar-refractivity contribution >= 4 is 40.7 Å². The van der Waals surface area contributed by atoms with Crippen LogP contribution in [0.25, 0.3) is 11.6 Å². The predicted molar refractivity (Wildman–Crippen MR) is 115 cm³/mol. The number of aromatic nitrogens is 3. The Hall–Kier alpha value is -2.59. The lowest BCUT2D eigenvalue weighted by molar-refractivity contribution is -0.113. The smallest absolute Gasteiger partial charge is 0.350 e. The number of anilines is 1. The van der Waals surface area contributed by atoms with E-state index in [0.717, 1.165) is 12.8 Å². The average Bonchev–Trinajstić information content (AvgIpc) is 3.52. The van der Waals surface area contributed by atoms with E-state index < -0.39 is 5.97 Å². The number of carbonyl (C=O) groups excluding carboxylic acids is 2. The molecular formula is C20H22N4O4S2. The van der Waals surface area contributed by atoms with Crippen molar-refractivity contribution in [3.63, 3.8) is 0 Å². The Morgan fingerprint density at radius 2 is 2.13 bits per heavy atom. The van der Waals surface area contributed by atoms with E-state index in [1.807, 2.05) is 12.1 Å². The maximum Gasteiger partial charge on any atom is 0.350 e. The molecule has 3 aromatic heterocycles. The van der Waals surface area contributed by atoms with Gasteiger partial charge in [-0.2, -0.15) is 0 Å². The van der Waals surface area contributed by atoms with Gasteiger partial charge in [-0.1, -0.05) is 31.0 Å². The summed E-state index contributed by atoms with van der Waals surface area (Å²) >= 11 is 2.56. The molecule has 0 atom stereocenters. The first-order chi connectivity index (χ1) is 14.7. The van der Waals surface area contributed by atoms with Crippen LogP contribution in [-0.2, 0) is 9.53 Å². The molecule has 0 bridgehead atoms. The molecule has 0 spiro atoms. The van der Waals surface area contributed by atoms with Crippen LogP contribution in [0.15, 0.2) is 39.4 Å². The van der Waals surface area contributed by atoms with Crippen molar-refractivity contribution in [3.8, 4) is 11.6 Å². The fraction of sp³-hybridized carbons (Fsp3) is 0.400. The zero-order valence-electron chi connectivity index (χ0n) is 16.5. The lowest BCUT2D eigenvalue weighted by Crippen LogP contribution is -2.18. The van der Waals surface area contributed by atoms with Crippen LogP contribution < -0.4 is 5.32 Å². The molecule has 1 N–H and O–H groups in total. The highest BCUT2D eigenvalue weighted by atomic mass is 32.2. The van der Waals surface area contributed by atoms with Gasteiger partial charge in [0.05, 0.1) is 24.8 Å². The molecule has 158 valence electrons. The second kappa shape index (κ2) is 9.48. The van der Waals surface area contributed by atoms with Crippen LogP contribution in [0.1, 0.15) is 47.8 Å². The summed E-state index contributed by atoms with van der Waals surface area (Å²) in [5.41, 5.74) is 0.461. The molecule has 0 aromatic carbocycles. The maximum atomic E-state index is 12.5. The predicted octanol–water partition coefficient (Wildman–Crippen LogP) is 4.62. The number of hydrogen-bond donors (Lipinski definition) is 1. The number of thioether (sulfide) groups is 1. The first-order valence-corrected chi connectivity index (χ1v) is 11.6. The average molecular weight is 447 g/mol. The number of amides is 1. The lowest BCUT2D eigenvalue weighted by Gasteiger charge is -2.25. The van der Waals surface area contributed by atoms with E-state index in [2.05, 4.69) is 20.1 Å². The molecule has 1 saturated carbocycles. The Labute approximate surface area is 182 Å². The van der Waals surface area contributed by atoms with Crippen molar-refractivity contribution in [1.29, 1.82) is 0 Å². The summed E-state index contributed by atoms with van der Waals surface area (Å²) in [6.45, 7) is 0. The second-order valence-electron chi connectivity index (χ2n) is 6.94. The summed E-state index contributed by atoms with van der Waals surface area (Å²) in [6.07, 6.45) is 7.31. The largest absolute Gasteiger partial charge is 0.465 e. The number of rotatable bonds is 7. The van der Waals surface area contributed by atoms with Crippen LogP contribution >= 0.6 is 23.1 Å². The van der Waals surface area contributed by atoms with Crippen LogP contribution in [0, 0.1) is 0 Å². The quantitative estimate of drug-likeness (QED) is 0.417. The molecule has 1 aliphatic carbocycles. The number of thiophene rings is 1. The first-order valence-electron chi connectivity index (χ1n) is 9.74. The molecule has 0 aliphatic heterocycles. The molecule has 4 rings (SSSR count). The van der Waals surface area contributed by atoms with Crippen LogP contribution in [0.2, 0.25) is 0 Å². The van der Waals surface area contributed by atoms with Gasteiger partial charge in [0.25, 0.3) is 0 Å². The molecule has 8 nitrogen and oxygen atoms in total. The number of ether oxygens (including phenoxy) is 1. The highest BCUT2D eigenvalue weighted by molar-refractivity contribution is 7.99. The van der Waals surface area contributed by atoms with Gasteiger partial charge < -0.3 is 14.5 Å². The summed E-state index contributed by atoms with van der Waals surface area (Å²) in [7, 11) is 1.32. The van der Waals surface area contributed by atoms with Gasteiger partial charge in [-0.3, -0.25) is 9.36 Å². The Kier molecular flexibility index (Phi) is 6.53. The molecule has 3 aromatic rings. The van der Waals surface area contributed by atoms with E-state index >= 15 is 0 Å². The summed E-state index contributed by atoms with van der Waals surface area (Å²) in [5.74, 6) is 0.833. The molecule has 0 saturated heterocycles. The SMILES string of the molecule is COC(=O)c1sccc1NC(=O)CSc1nnc(-c2ccco2)n1C1CCCCC1. The highest BCUT2D eigenvalue weighted by Gasteiger charge is 2.25. The van der Waals surface area contributed by atoms with Crippen molar-refractivity contribution in [1.82, 2.24) is 14.8 Å². The van der Waals surface area contributed by atoms with Crippen molar-refractivity contribution in [3.05, 3.63) is 34.7 Å². The zero-order valence-corrected chi connectivity index (χ0v) is 18.1. The standard InChI is InChI=1S/C20H22N4O4S2/c1-27-19(26)17-14(9-11-29-17)21-16(25)12-30-20-23-22-18(15-8-5-10-28-15)24(20)13-6-3-2-4-7-13/h5,8-11,13H,2-4,6-7,12H2,1H3,(H,21,25). The fourth-order valence-electron chi connectivity index (χ4n) is 3.59. The third-order valence-corrected chi connectivity index (χ3v) is 6.83.